The first kappa shape index (κ1) is 13.3. The molecule has 20 heavy (non-hydrogen) atoms. The van der Waals surface area contributed by atoms with Crippen molar-refractivity contribution in [3.63, 3.8) is 0 Å². The van der Waals surface area contributed by atoms with E-state index in [1.54, 1.807) is 4.90 Å². The summed E-state index contributed by atoms with van der Waals surface area (Å²) in [4.78, 5) is 13.7. The zero-order valence-electron chi connectivity index (χ0n) is 11.4. The minimum absolute atomic E-state index is 0.00322. The quantitative estimate of drug-likeness (QED) is 0.849. The van der Waals surface area contributed by atoms with Crippen molar-refractivity contribution in [2.75, 3.05) is 20.2 Å². The number of amides is 1. The van der Waals surface area contributed by atoms with Gasteiger partial charge in [-0.3, -0.25) is 4.79 Å². The van der Waals surface area contributed by atoms with Crippen LogP contribution in [-0.4, -0.2) is 31.0 Å². The molecule has 0 unspecified atom stereocenters. The van der Waals surface area contributed by atoms with Gasteiger partial charge in [0.1, 0.15) is 17.4 Å². The van der Waals surface area contributed by atoms with Crippen LogP contribution in [0.4, 0.5) is 8.78 Å². The molecule has 1 saturated carbocycles. The molecular weight excluding hydrogens is 264 g/mol. The maximum Gasteiger partial charge on any atom is 0.223 e. The molecule has 0 spiro atoms. The second-order valence-electron chi connectivity index (χ2n) is 5.65. The molecule has 1 aliphatic carbocycles. The highest BCUT2D eigenvalue weighted by molar-refractivity contribution is 5.79. The molecule has 0 bridgehead atoms. The second kappa shape index (κ2) is 5.04. The Labute approximate surface area is 116 Å². The maximum absolute atomic E-state index is 14.0. The highest BCUT2D eigenvalue weighted by atomic mass is 19.1. The number of likely N-dealkylation sites (tertiary alicyclic amines) is 1. The van der Waals surface area contributed by atoms with Gasteiger partial charge in [0.2, 0.25) is 5.91 Å². The van der Waals surface area contributed by atoms with Gasteiger partial charge in [-0.25, -0.2) is 8.78 Å². The van der Waals surface area contributed by atoms with Crippen molar-refractivity contribution in [1.29, 1.82) is 0 Å². The number of rotatable bonds is 4. The summed E-state index contributed by atoms with van der Waals surface area (Å²) in [5.41, 5.74) is 0.0115. The number of carbonyl (C=O) groups excluding carboxylic acids is 1. The van der Waals surface area contributed by atoms with E-state index < -0.39 is 17.6 Å². The molecule has 1 aliphatic heterocycles. The van der Waals surface area contributed by atoms with Crippen molar-refractivity contribution in [2.45, 2.75) is 25.2 Å². The van der Waals surface area contributed by atoms with E-state index in [1.165, 1.54) is 19.2 Å². The SMILES string of the molecule is COc1cc(F)c([C@H]2CC(=O)N(CC3CC3)C2)c(F)c1. The number of nitrogens with zero attached hydrogens (tertiary/aromatic N) is 1. The lowest BCUT2D eigenvalue weighted by Crippen LogP contribution is -2.27. The Kier molecular flexibility index (Phi) is 3.36. The molecule has 1 aromatic rings. The number of halogens is 2. The van der Waals surface area contributed by atoms with Crippen LogP contribution in [0, 0.1) is 17.6 Å². The summed E-state index contributed by atoms with van der Waals surface area (Å²) < 4.78 is 32.9. The fourth-order valence-corrected chi connectivity index (χ4v) is 2.82. The van der Waals surface area contributed by atoms with Crippen LogP contribution in [0.15, 0.2) is 12.1 Å². The molecule has 0 N–H and O–H groups in total. The van der Waals surface area contributed by atoms with E-state index in [1.807, 2.05) is 0 Å². The Morgan fingerprint density at radius 3 is 2.50 bits per heavy atom. The van der Waals surface area contributed by atoms with E-state index in [-0.39, 0.29) is 23.6 Å². The fourth-order valence-electron chi connectivity index (χ4n) is 2.82. The van der Waals surface area contributed by atoms with Crippen LogP contribution in [0.2, 0.25) is 0 Å². The van der Waals surface area contributed by atoms with Gasteiger partial charge in [-0.1, -0.05) is 0 Å². The van der Waals surface area contributed by atoms with Gasteiger partial charge in [0.15, 0.2) is 0 Å². The maximum atomic E-state index is 14.0. The first-order valence-electron chi connectivity index (χ1n) is 6.89. The van der Waals surface area contributed by atoms with Crippen LogP contribution in [0.25, 0.3) is 0 Å². The van der Waals surface area contributed by atoms with Crippen LogP contribution in [0.5, 0.6) is 5.75 Å². The van der Waals surface area contributed by atoms with Crippen LogP contribution in [0.1, 0.15) is 30.7 Å². The zero-order valence-corrected chi connectivity index (χ0v) is 11.4. The summed E-state index contributed by atoms with van der Waals surface area (Å²) in [6.45, 7) is 1.14. The summed E-state index contributed by atoms with van der Waals surface area (Å²) in [5, 5.41) is 0. The molecule has 3 nitrogen and oxygen atoms in total. The van der Waals surface area contributed by atoms with Gasteiger partial charge in [-0.05, 0) is 18.8 Å². The largest absolute Gasteiger partial charge is 0.497 e. The monoisotopic (exact) mass is 281 g/mol. The van der Waals surface area contributed by atoms with E-state index in [2.05, 4.69) is 0 Å². The Balaban J connectivity index is 1.81. The molecule has 1 heterocycles. The van der Waals surface area contributed by atoms with Crippen molar-refractivity contribution in [1.82, 2.24) is 4.90 Å². The number of hydrogen-bond donors (Lipinski definition) is 0. The topological polar surface area (TPSA) is 29.5 Å². The third kappa shape index (κ3) is 2.49. The number of hydrogen-bond acceptors (Lipinski definition) is 2. The van der Waals surface area contributed by atoms with E-state index in [4.69, 9.17) is 4.74 Å². The highest BCUT2D eigenvalue weighted by Gasteiger charge is 2.36. The van der Waals surface area contributed by atoms with E-state index in [9.17, 15) is 13.6 Å². The van der Waals surface area contributed by atoms with Crippen molar-refractivity contribution in [3.8, 4) is 5.75 Å². The smallest absolute Gasteiger partial charge is 0.223 e. The zero-order chi connectivity index (χ0) is 14.3. The Bertz CT molecular complexity index is 520. The van der Waals surface area contributed by atoms with E-state index in [0.717, 1.165) is 19.4 Å². The average Bonchev–Trinajstić information content (AvgIpc) is 3.13. The van der Waals surface area contributed by atoms with Gasteiger partial charge < -0.3 is 9.64 Å². The van der Waals surface area contributed by atoms with E-state index >= 15 is 0 Å². The van der Waals surface area contributed by atoms with Gasteiger partial charge in [0.05, 0.1) is 7.11 Å². The van der Waals surface area contributed by atoms with Gasteiger partial charge >= 0.3 is 0 Å². The lowest BCUT2D eigenvalue weighted by Gasteiger charge is -2.17. The lowest BCUT2D eigenvalue weighted by molar-refractivity contribution is -0.127. The predicted molar refractivity (Wildman–Crippen MR) is 69.6 cm³/mol. The van der Waals surface area contributed by atoms with Gasteiger partial charge in [0, 0.05) is 43.1 Å². The standard InChI is InChI=1S/C15H17F2NO2/c1-20-11-5-12(16)15(13(17)6-11)10-4-14(19)18(8-10)7-9-2-3-9/h5-6,9-10H,2-4,7-8H2,1H3/t10-/m0/s1. The second-order valence-corrected chi connectivity index (χ2v) is 5.65. The molecule has 0 radical (unpaired) electrons. The molecule has 2 aliphatic rings. The lowest BCUT2D eigenvalue weighted by atomic mass is 9.97. The molecule has 1 aromatic carbocycles. The number of methoxy groups -OCH3 is 1. The van der Waals surface area contributed by atoms with Crippen molar-refractivity contribution < 1.29 is 18.3 Å². The van der Waals surface area contributed by atoms with Gasteiger partial charge in [0.25, 0.3) is 0 Å². The average molecular weight is 281 g/mol. The van der Waals surface area contributed by atoms with Gasteiger partial charge in [-0.2, -0.15) is 0 Å². The van der Waals surface area contributed by atoms with Crippen molar-refractivity contribution >= 4 is 5.91 Å². The molecule has 1 amide bonds. The first-order valence-corrected chi connectivity index (χ1v) is 6.89. The summed E-state index contributed by atoms with van der Waals surface area (Å²) in [6.07, 6.45) is 2.49. The van der Waals surface area contributed by atoms with Crippen LogP contribution >= 0.6 is 0 Å². The Morgan fingerprint density at radius 2 is 1.95 bits per heavy atom. The molecule has 3 rings (SSSR count). The highest BCUT2D eigenvalue weighted by Crippen LogP contribution is 2.36. The molecule has 0 aromatic heterocycles. The third-order valence-corrected chi connectivity index (χ3v) is 4.09. The van der Waals surface area contributed by atoms with Crippen LogP contribution in [0.3, 0.4) is 0 Å². The van der Waals surface area contributed by atoms with E-state index in [0.29, 0.717) is 12.5 Å². The molecule has 108 valence electrons. The minimum Gasteiger partial charge on any atom is -0.497 e. The normalized spacial score (nSPS) is 22.4. The minimum atomic E-state index is -0.632. The van der Waals surface area contributed by atoms with Gasteiger partial charge in [-0.15, -0.1) is 0 Å². The number of carbonyl (C=O) groups is 1. The third-order valence-electron chi connectivity index (χ3n) is 4.09. The summed E-state index contributed by atoms with van der Waals surface area (Å²) in [7, 11) is 1.37. The first-order chi connectivity index (χ1) is 9.58. The fraction of sp³-hybridized carbons (Fsp3) is 0.533. The molecule has 5 heteroatoms. The molecule has 1 saturated heterocycles. The van der Waals surface area contributed by atoms with Crippen molar-refractivity contribution in [3.05, 3.63) is 29.3 Å². The molecule has 2 fully saturated rings. The Morgan fingerprint density at radius 1 is 1.30 bits per heavy atom. The van der Waals surface area contributed by atoms with Crippen LogP contribution in [-0.2, 0) is 4.79 Å². The molecule has 1 atom stereocenters. The Hall–Kier alpha value is -1.65. The van der Waals surface area contributed by atoms with Crippen molar-refractivity contribution in [2.24, 2.45) is 5.92 Å². The van der Waals surface area contributed by atoms with Crippen LogP contribution < -0.4 is 4.74 Å². The number of ether oxygens (including phenoxy) is 1. The summed E-state index contributed by atoms with van der Waals surface area (Å²) >= 11 is 0. The number of benzene rings is 1. The predicted octanol–water partition coefficient (Wildman–Crippen LogP) is 2.70. The summed E-state index contributed by atoms with van der Waals surface area (Å²) in [6, 6.07) is 2.35. The summed E-state index contributed by atoms with van der Waals surface area (Å²) in [5.74, 6) is -0.921. The molecular formula is C15H17F2NO2.